The fraction of sp³-hybridized carbons (Fsp3) is 0.765. The van der Waals surface area contributed by atoms with Crippen LogP contribution in [0.25, 0.3) is 0 Å². The monoisotopic (exact) mass is 389 g/mol. The molecule has 0 aliphatic heterocycles. The Morgan fingerprint density at radius 2 is 1.52 bits per heavy atom. The zero-order valence-corrected chi connectivity index (χ0v) is 16.8. The fourth-order valence-electron chi connectivity index (χ4n) is 1.78. The van der Waals surface area contributed by atoms with Crippen molar-refractivity contribution in [3.05, 3.63) is 0 Å². The molecule has 0 aromatic carbocycles. The number of esters is 2. The van der Waals surface area contributed by atoms with Crippen molar-refractivity contribution in [2.45, 2.75) is 77.7 Å². The third-order valence-electron chi connectivity index (χ3n) is 2.85. The van der Waals surface area contributed by atoms with Crippen LogP contribution in [0.5, 0.6) is 0 Å². The lowest BCUT2D eigenvalue weighted by atomic mass is 10.1. The Morgan fingerprint density at radius 3 is 1.96 bits per heavy atom. The summed E-state index contributed by atoms with van der Waals surface area (Å²) >= 11 is 0. The van der Waals surface area contributed by atoms with Gasteiger partial charge in [0.15, 0.2) is 0 Å². The van der Waals surface area contributed by atoms with Gasteiger partial charge in [0.05, 0.1) is 0 Å². The first-order valence-corrected chi connectivity index (χ1v) is 8.58. The second-order valence-electron chi connectivity index (χ2n) is 8.01. The van der Waals surface area contributed by atoms with Crippen LogP contribution >= 0.6 is 0 Å². The highest BCUT2D eigenvalue weighted by Gasteiger charge is 2.28. The van der Waals surface area contributed by atoms with Crippen molar-refractivity contribution in [1.29, 1.82) is 0 Å². The maximum Gasteiger partial charge on any atom is 0.329 e. The van der Waals surface area contributed by atoms with Crippen LogP contribution in [0.15, 0.2) is 0 Å². The lowest BCUT2D eigenvalue weighted by Crippen LogP contribution is -2.51. The van der Waals surface area contributed by atoms with Gasteiger partial charge in [-0.1, -0.05) is 0 Å². The van der Waals surface area contributed by atoms with Crippen molar-refractivity contribution < 1.29 is 33.8 Å². The van der Waals surface area contributed by atoms with Gasteiger partial charge in [0.2, 0.25) is 0 Å². The minimum absolute atomic E-state index is 0.0395. The van der Waals surface area contributed by atoms with Gasteiger partial charge in [0, 0.05) is 13.0 Å². The number of ether oxygens (including phenoxy) is 2. The van der Waals surface area contributed by atoms with Gasteiger partial charge in [-0.05, 0) is 48.0 Å². The summed E-state index contributed by atoms with van der Waals surface area (Å²) in [6.45, 7) is 9.83. The van der Waals surface area contributed by atoms with E-state index < -0.39 is 47.2 Å². The molecule has 0 bridgehead atoms. The molecule has 0 aliphatic carbocycles. The topological polar surface area (TPSA) is 157 Å². The highest BCUT2D eigenvalue weighted by molar-refractivity contribution is 5.84. The highest BCUT2D eigenvalue weighted by atomic mass is 16.6. The van der Waals surface area contributed by atoms with E-state index in [9.17, 15) is 19.2 Å². The smallest absolute Gasteiger partial charge is 0.329 e. The number of carbonyl (C=O) groups is 4. The maximum atomic E-state index is 12.3. The van der Waals surface area contributed by atoms with Crippen molar-refractivity contribution in [2.24, 2.45) is 5.73 Å². The van der Waals surface area contributed by atoms with Crippen molar-refractivity contribution in [3.63, 3.8) is 0 Å². The molecule has 5 N–H and O–H groups in total. The Bertz CT molecular complexity index is 550. The molecule has 2 amide bonds. The molecule has 2 unspecified atom stereocenters. The number of carboxylic acids is 1. The quantitative estimate of drug-likeness (QED) is 0.438. The molecule has 0 spiro atoms. The summed E-state index contributed by atoms with van der Waals surface area (Å²) in [5.41, 5.74) is 3.84. The summed E-state index contributed by atoms with van der Waals surface area (Å²) in [5.74, 6) is -2.51. The number of amides is 2. The molecule has 156 valence electrons. The third-order valence-corrected chi connectivity index (χ3v) is 2.85. The van der Waals surface area contributed by atoms with E-state index in [0.29, 0.717) is 0 Å². The summed E-state index contributed by atoms with van der Waals surface area (Å²) < 4.78 is 10.4. The lowest BCUT2D eigenvalue weighted by Gasteiger charge is -2.25. The van der Waals surface area contributed by atoms with Crippen LogP contribution in [-0.2, 0) is 23.9 Å². The molecule has 0 aliphatic rings. The molecule has 0 saturated carbocycles. The van der Waals surface area contributed by atoms with Crippen LogP contribution < -0.4 is 16.4 Å². The van der Waals surface area contributed by atoms with Crippen molar-refractivity contribution in [1.82, 2.24) is 10.6 Å². The Hall–Kier alpha value is -2.36. The predicted octanol–water partition coefficient (Wildman–Crippen LogP) is 0.530. The summed E-state index contributed by atoms with van der Waals surface area (Å²) in [7, 11) is 0. The first-order valence-electron chi connectivity index (χ1n) is 8.58. The minimum Gasteiger partial charge on any atom is -0.480 e. The summed E-state index contributed by atoms with van der Waals surface area (Å²) in [6, 6.07) is -3.19. The Kier molecular flexibility index (Phi) is 9.22. The molecule has 0 radical (unpaired) electrons. The van der Waals surface area contributed by atoms with E-state index in [1.807, 2.05) is 0 Å². The standard InChI is InChI=1S/C17H31N3O7/c1-16(2,3)26-12(21)8-7-11(14(24)27-17(4,5)6)20-15(25)19-9-10(18)13(22)23/h10-11H,7-9,18H2,1-6H3,(H,22,23)(H2,19,20,25). The molecular weight excluding hydrogens is 358 g/mol. The van der Waals surface area contributed by atoms with Crippen LogP contribution in [0.2, 0.25) is 0 Å². The van der Waals surface area contributed by atoms with Gasteiger partial charge in [-0.15, -0.1) is 0 Å². The first kappa shape index (κ1) is 24.6. The van der Waals surface area contributed by atoms with Gasteiger partial charge in [-0.25, -0.2) is 9.59 Å². The second-order valence-corrected chi connectivity index (χ2v) is 8.01. The number of urea groups is 1. The molecule has 10 heteroatoms. The van der Waals surface area contributed by atoms with Gasteiger partial charge in [0.25, 0.3) is 0 Å². The highest BCUT2D eigenvalue weighted by Crippen LogP contribution is 2.13. The Labute approximate surface area is 159 Å². The lowest BCUT2D eigenvalue weighted by molar-refractivity contribution is -0.158. The Balaban J connectivity index is 4.88. The van der Waals surface area contributed by atoms with E-state index in [-0.39, 0.29) is 19.4 Å². The average Bonchev–Trinajstić information content (AvgIpc) is 2.45. The van der Waals surface area contributed by atoms with E-state index in [1.165, 1.54) is 0 Å². The van der Waals surface area contributed by atoms with Gasteiger partial charge in [-0.2, -0.15) is 0 Å². The van der Waals surface area contributed by atoms with Crippen molar-refractivity contribution >= 4 is 23.9 Å². The fourth-order valence-corrected chi connectivity index (χ4v) is 1.78. The molecule has 0 aromatic heterocycles. The number of rotatable bonds is 8. The maximum absolute atomic E-state index is 12.3. The molecule has 0 saturated heterocycles. The molecule has 2 atom stereocenters. The van der Waals surface area contributed by atoms with Gasteiger partial charge < -0.3 is 30.9 Å². The summed E-state index contributed by atoms with van der Waals surface area (Å²) in [6.07, 6.45) is -0.154. The van der Waals surface area contributed by atoms with Gasteiger partial charge in [0.1, 0.15) is 23.3 Å². The van der Waals surface area contributed by atoms with Crippen LogP contribution in [0.4, 0.5) is 4.79 Å². The number of nitrogens with one attached hydrogen (secondary N) is 2. The molecule has 0 fully saturated rings. The summed E-state index contributed by atoms with van der Waals surface area (Å²) in [4.78, 5) is 46.8. The first-order chi connectivity index (χ1) is 12.1. The molecule has 0 rings (SSSR count). The molecule has 10 nitrogen and oxygen atoms in total. The van der Waals surface area contributed by atoms with Crippen LogP contribution in [0.1, 0.15) is 54.4 Å². The molecular formula is C17H31N3O7. The number of nitrogens with two attached hydrogens (primary N) is 1. The molecule has 0 aromatic rings. The van der Waals surface area contributed by atoms with Crippen molar-refractivity contribution in [3.8, 4) is 0 Å². The van der Waals surface area contributed by atoms with E-state index in [4.69, 9.17) is 20.3 Å². The zero-order valence-electron chi connectivity index (χ0n) is 16.8. The largest absolute Gasteiger partial charge is 0.480 e. The van der Waals surface area contributed by atoms with E-state index in [0.717, 1.165) is 0 Å². The second kappa shape index (κ2) is 10.1. The normalized spacial score (nSPS) is 13.9. The van der Waals surface area contributed by atoms with E-state index >= 15 is 0 Å². The average molecular weight is 389 g/mol. The van der Waals surface area contributed by atoms with Crippen LogP contribution in [-0.4, -0.2) is 58.9 Å². The third kappa shape index (κ3) is 12.6. The van der Waals surface area contributed by atoms with Crippen LogP contribution in [0.3, 0.4) is 0 Å². The number of carboxylic acid groups (broad SMARTS) is 1. The number of carbonyl (C=O) groups excluding carboxylic acids is 3. The predicted molar refractivity (Wildman–Crippen MR) is 96.9 cm³/mol. The van der Waals surface area contributed by atoms with E-state index in [1.54, 1.807) is 41.5 Å². The number of hydrogen-bond donors (Lipinski definition) is 4. The van der Waals surface area contributed by atoms with Gasteiger partial charge >= 0.3 is 23.9 Å². The van der Waals surface area contributed by atoms with Crippen LogP contribution in [0, 0.1) is 0 Å². The summed E-state index contributed by atoms with van der Waals surface area (Å²) in [5, 5.41) is 13.3. The molecule has 0 heterocycles. The minimum atomic E-state index is -1.28. The zero-order chi connectivity index (χ0) is 21.4. The molecule has 27 heavy (non-hydrogen) atoms. The number of aliphatic carboxylic acids is 1. The SMILES string of the molecule is CC(C)(C)OC(=O)CCC(NC(=O)NCC(N)C(=O)O)C(=O)OC(C)(C)C. The van der Waals surface area contributed by atoms with E-state index in [2.05, 4.69) is 10.6 Å². The van der Waals surface area contributed by atoms with Crippen molar-refractivity contribution in [2.75, 3.05) is 6.54 Å². The van der Waals surface area contributed by atoms with Gasteiger partial charge in [-0.3, -0.25) is 9.59 Å². The number of hydrogen-bond acceptors (Lipinski definition) is 7. The Morgan fingerprint density at radius 1 is 1.00 bits per heavy atom.